The van der Waals surface area contributed by atoms with E-state index >= 15 is 0 Å². The third-order valence-corrected chi connectivity index (χ3v) is 3.00. The number of nitrogens with one attached hydrogen (secondary N) is 2. The Hall–Kier alpha value is -2.73. The van der Waals surface area contributed by atoms with Gasteiger partial charge in [-0.1, -0.05) is 12.1 Å². The molecule has 0 spiro atoms. The van der Waals surface area contributed by atoms with Crippen molar-refractivity contribution in [2.75, 3.05) is 0 Å². The average Bonchev–Trinajstić information content (AvgIpc) is 2.89. The number of imidazole rings is 1. The molecule has 2 aromatic carbocycles. The minimum Gasteiger partial charge on any atom is -0.338 e. The van der Waals surface area contributed by atoms with Crippen molar-refractivity contribution < 1.29 is 9.18 Å². The zero-order chi connectivity index (χ0) is 14.1. The molecule has 0 saturated carbocycles. The number of hydrogen-bond acceptors (Lipinski definition) is 3. The maximum Gasteiger partial charge on any atom is 0.265 e. The summed E-state index contributed by atoms with van der Waals surface area (Å²) in [6.45, 7) is 0. The Morgan fingerprint density at radius 2 is 1.95 bits per heavy atom. The van der Waals surface area contributed by atoms with E-state index < -0.39 is 0 Å². The van der Waals surface area contributed by atoms with E-state index in [1.807, 2.05) is 0 Å². The summed E-state index contributed by atoms with van der Waals surface area (Å²) in [5.41, 5.74) is 4.64. The first-order valence-electron chi connectivity index (χ1n) is 5.94. The van der Waals surface area contributed by atoms with Gasteiger partial charge in [-0.3, -0.25) is 10.2 Å². The van der Waals surface area contributed by atoms with E-state index in [1.165, 1.54) is 12.1 Å². The van der Waals surface area contributed by atoms with Crippen LogP contribution in [0.2, 0.25) is 0 Å². The normalized spacial score (nSPS) is 10.7. The summed E-state index contributed by atoms with van der Waals surface area (Å²) < 4.78 is 13.1. The number of nitrogen functional groups attached to an aromatic ring is 1. The molecular weight excluding hydrogens is 259 g/mol. The molecule has 0 aliphatic heterocycles. The topological polar surface area (TPSA) is 83.8 Å². The highest BCUT2D eigenvalue weighted by Crippen LogP contribution is 2.21. The molecule has 6 heteroatoms. The molecule has 4 N–H and O–H groups in total. The standard InChI is InChI=1S/C14H11FN4O/c15-10-5-6-11-12(7-10)18-13(17-11)8-1-3-9(4-2-8)14(20)19-16/h1-7H,16H2,(H,17,18)(H,19,20). The molecule has 0 aliphatic rings. The fourth-order valence-corrected chi connectivity index (χ4v) is 1.98. The van der Waals surface area contributed by atoms with Crippen LogP contribution in [0.4, 0.5) is 4.39 Å². The van der Waals surface area contributed by atoms with E-state index in [0.717, 1.165) is 5.56 Å². The lowest BCUT2D eigenvalue weighted by atomic mass is 10.1. The second kappa shape index (κ2) is 4.75. The number of nitrogens with zero attached hydrogens (tertiary/aromatic N) is 1. The molecule has 0 saturated heterocycles. The van der Waals surface area contributed by atoms with Gasteiger partial charge in [0.2, 0.25) is 0 Å². The maximum absolute atomic E-state index is 13.1. The van der Waals surface area contributed by atoms with Crippen molar-refractivity contribution in [3.8, 4) is 11.4 Å². The van der Waals surface area contributed by atoms with Gasteiger partial charge in [0.15, 0.2) is 0 Å². The van der Waals surface area contributed by atoms with Crippen LogP contribution >= 0.6 is 0 Å². The van der Waals surface area contributed by atoms with Crippen LogP contribution in [0.5, 0.6) is 0 Å². The smallest absolute Gasteiger partial charge is 0.265 e. The second-order valence-electron chi connectivity index (χ2n) is 4.30. The number of fused-ring (bicyclic) bond motifs is 1. The van der Waals surface area contributed by atoms with E-state index in [2.05, 4.69) is 15.4 Å². The van der Waals surface area contributed by atoms with Crippen LogP contribution < -0.4 is 11.3 Å². The lowest BCUT2D eigenvalue weighted by Gasteiger charge is -2.00. The van der Waals surface area contributed by atoms with Crippen molar-refractivity contribution in [2.24, 2.45) is 5.84 Å². The molecule has 3 aromatic rings. The Balaban J connectivity index is 2.00. The Morgan fingerprint density at radius 1 is 1.20 bits per heavy atom. The number of aromatic amines is 1. The van der Waals surface area contributed by atoms with Gasteiger partial charge in [0.05, 0.1) is 11.0 Å². The number of hydrazine groups is 1. The minimum atomic E-state index is -0.358. The molecular formula is C14H11FN4O. The fourth-order valence-electron chi connectivity index (χ4n) is 1.98. The van der Waals surface area contributed by atoms with E-state index in [1.54, 1.807) is 30.3 Å². The quantitative estimate of drug-likeness (QED) is 0.378. The van der Waals surface area contributed by atoms with Crippen LogP contribution in [0.15, 0.2) is 42.5 Å². The molecule has 1 heterocycles. The highest BCUT2D eigenvalue weighted by atomic mass is 19.1. The summed E-state index contributed by atoms with van der Waals surface area (Å²) in [5.74, 6) is 5.01. The molecule has 3 rings (SSSR count). The van der Waals surface area contributed by atoms with E-state index in [-0.39, 0.29) is 11.7 Å². The van der Waals surface area contributed by atoms with E-state index in [9.17, 15) is 9.18 Å². The number of carbonyl (C=O) groups is 1. The van der Waals surface area contributed by atoms with Crippen LogP contribution in [0.1, 0.15) is 10.4 Å². The van der Waals surface area contributed by atoms with Gasteiger partial charge in [-0.25, -0.2) is 15.2 Å². The van der Waals surface area contributed by atoms with Crippen LogP contribution in [-0.2, 0) is 0 Å². The zero-order valence-corrected chi connectivity index (χ0v) is 10.4. The van der Waals surface area contributed by atoms with Gasteiger partial charge in [-0.2, -0.15) is 0 Å². The summed E-state index contributed by atoms with van der Waals surface area (Å²) in [7, 11) is 0. The highest BCUT2D eigenvalue weighted by Gasteiger charge is 2.08. The lowest BCUT2D eigenvalue weighted by Crippen LogP contribution is -2.29. The predicted molar refractivity (Wildman–Crippen MR) is 73.1 cm³/mol. The first kappa shape index (κ1) is 12.3. The van der Waals surface area contributed by atoms with Crippen molar-refractivity contribution in [3.05, 3.63) is 53.8 Å². The van der Waals surface area contributed by atoms with E-state index in [4.69, 9.17) is 5.84 Å². The number of hydrogen-bond donors (Lipinski definition) is 3. The van der Waals surface area contributed by atoms with E-state index in [0.29, 0.717) is 22.4 Å². The lowest BCUT2D eigenvalue weighted by molar-refractivity contribution is 0.0953. The Morgan fingerprint density at radius 3 is 2.65 bits per heavy atom. The SMILES string of the molecule is NNC(=O)c1ccc(-c2nc3ccc(F)cc3[nH]2)cc1. The van der Waals surface area contributed by atoms with Crippen molar-refractivity contribution in [1.82, 2.24) is 15.4 Å². The molecule has 1 aromatic heterocycles. The largest absolute Gasteiger partial charge is 0.338 e. The first-order valence-corrected chi connectivity index (χ1v) is 5.94. The summed E-state index contributed by atoms with van der Waals surface area (Å²) in [6, 6.07) is 11.2. The summed E-state index contributed by atoms with van der Waals surface area (Å²) >= 11 is 0. The maximum atomic E-state index is 13.1. The number of nitrogens with two attached hydrogens (primary N) is 1. The number of halogens is 1. The molecule has 0 radical (unpaired) electrons. The molecule has 0 atom stereocenters. The summed E-state index contributed by atoms with van der Waals surface area (Å²) in [6.07, 6.45) is 0. The monoisotopic (exact) mass is 270 g/mol. The van der Waals surface area contributed by atoms with Crippen molar-refractivity contribution >= 4 is 16.9 Å². The Kier molecular flexibility index (Phi) is 2.92. The molecule has 0 aliphatic carbocycles. The fraction of sp³-hybridized carbons (Fsp3) is 0. The molecule has 0 unspecified atom stereocenters. The zero-order valence-electron chi connectivity index (χ0n) is 10.4. The third kappa shape index (κ3) is 2.12. The van der Waals surface area contributed by atoms with Crippen molar-refractivity contribution in [3.63, 3.8) is 0 Å². The number of aromatic nitrogens is 2. The molecule has 100 valence electrons. The molecule has 1 amide bonds. The van der Waals surface area contributed by atoms with Gasteiger partial charge in [-0.05, 0) is 30.3 Å². The second-order valence-corrected chi connectivity index (χ2v) is 4.30. The summed E-state index contributed by atoms with van der Waals surface area (Å²) in [5, 5.41) is 0. The summed E-state index contributed by atoms with van der Waals surface area (Å²) in [4.78, 5) is 18.7. The third-order valence-electron chi connectivity index (χ3n) is 3.00. The number of H-pyrrole nitrogens is 1. The number of carbonyl (C=O) groups excluding carboxylic acids is 1. The van der Waals surface area contributed by atoms with Crippen molar-refractivity contribution in [2.45, 2.75) is 0 Å². The highest BCUT2D eigenvalue weighted by molar-refractivity contribution is 5.94. The van der Waals surface area contributed by atoms with Gasteiger partial charge >= 0.3 is 0 Å². The van der Waals surface area contributed by atoms with Crippen LogP contribution in [0, 0.1) is 5.82 Å². The molecule has 0 fully saturated rings. The number of rotatable bonds is 2. The van der Waals surface area contributed by atoms with Crippen LogP contribution in [0.25, 0.3) is 22.4 Å². The van der Waals surface area contributed by atoms with Crippen LogP contribution in [-0.4, -0.2) is 15.9 Å². The van der Waals surface area contributed by atoms with Gasteiger partial charge < -0.3 is 4.98 Å². The predicted octanol–water partition coefficient (Wildman–Crippen LogP) is 1.97. The van der Waals surface area contributed by atoms with Crippen molar-refractivity contribution in [1.29, 1.82) is 0 Å². The number of benzene rings is 2. The number of amides is 1. The average molecular weight is 270 g/mol. The molecule has 20 heavy (non-hydrogen) atoms. The van der Waals surface area contributed by atoms with Gasteiger partial charge in [0.1, 0.15) is 11.6 Å². The van der Waals surface area contributed by atoms with Gasteiger partial charge in [0.25, 0.3) is 5.91 Å². The van der Waals surface area contributed by atoms with Gasteiger partial charge in [-0.15, -0.1) is 0 Å². The van der Waals surface area contributed by atoms with Gasteiger partial charge in [0, 0.05) is 11.1 Å². The van der Waals surface area contributed by atoms with Crippen LogP contribution in [0.3, 0.4) is 0 Å². The molecule has 5 nitrogen and oxygen atoms in total. The molecule has 0 bridgehead atoms. The first-order chi connectivity index (χ1) is 9.67. The Labute approximate surface area is 113 Å². The minimum absolute atomic E-state index is 0.317. The Bertz CT molecular complexity index is 779.